The summed E-state index contributed by atoms with van der Waals surface area (Å²) >= 11 is -0.718. The van der Waals surface area contributed by atoms with E-state index >= 15 is 0 Å². The normalized spacial score (nSPS) is 10.7. The molecule has 0 aliphatic rings. The summed E-state index contributed by atoms with van der Waals surface area (Å²) in [6.45, 7) is -0.439. The third-order valence-corrected chi connectivity index (χ3v) is 1.36. The van der Waals surface area contributed by atoms with Crippen molar-refractivity contribution in [2.75, 3.05) is 6.61 Å². The molecule has 0 heterocycles. The summed E-state index contributed by atoms with van der Waals surface area (Å²) in [5, 5.41) is 14.4. The summed E-state index contributed by atoms with van der Waals surface area (Å²) in [5.41, 5.74) is 0. The molecular formula is C5H5F2NO5S. The number of carbonyl (C=O) groups excluding carboxylic acids is 1. The molecule has 0 saturated carbocycles. The van der Waals surface area contributed by atoms with Crippen molar-refractivity contribution < 1.29 is 32.9 Å². The molecule has 80 valence electrons. The summed E-state index contributed by atoms with van der Waals surface area (Å²) in [5.74, 6) is -1.88. The Bertz CT molecular complexity index is 231. The van der Waals surface area contributed by atoms with E-state index in [0.29, 0.717) is 0 Å². The molecule has 0 aliphatic carbocycles. The number of carbonyl (C=O) groups is 1. The fourth-order valence-corrected chi connectivity index (χ4v) is 0.608. The molecule has 1 N–H and O–H groups in total. The Kier molecular flexibility index (Phi) is 6.06. The molecule has 0 aromatic rings. The Balaban J connectivity index is 3.89. The summed E-state index contributed by atoms with van der Waals surface area (Å²) in [7, 11) is 0. The molecule has 0 atom stereocenters. The van der Waals surface area contributed by atoms with Crippen molar-refractivity contribution in [3.63, 3.8) is 0 Å². The van der Waals surface area contributed by atoms with Gasteiger partial charge in [-0.15, -0.1) is 4.33 Å². The van der Waals surface area contributed by atoms with Gasteiger partial charge < -0.3 is 4.74 Å². The zero-order valence-corrected chi connectivity index (χ0v) is 7.42. The van der Waals surface area contributed by atoms with Crippen LogP contribution in [0.25, 0.3) is 0 Å². The zero-order valence-electron chi connectivity index (χ0n) is 6.61. The van der Waals surface area contributed by atoms with Crippen LogP contribution in [0, 0.1) is 11.3 Å². The molecule has 0 unspecified atom stereocenters. The quantitative estimate of drug-likeness (QED) is 0.240. The predicted molar refractivity (Wildman–Crippen MR) is 38.5 cm³/mol. The number of hydrogen-bond acceptors (Lipinski definition) is 7. The van der Waals surface area contributed by atoms with E-state index in [0.717, 1.165) is 0 Å². The first-order valence-electron chi connectivity index (χ1n) is 3.12. The van der Waals surface area contributed by atoms with Crippen molar-refractivity contribution in [3.8, 4) is 6.07 Å². The second-order valence-corrected chi connectivity index (χ2v) is 2.60. The minimum absolute atomic E-state index is 0.191. The standard InChI is InChI=1S/C5H5F2NO5S/c6-5(7,14-13-12-10)4(9)11-3-1-2-8/h10H,1,3H2. The van der Waals surface area contributed by atoms with E-state index in [1.807, 2.05) is 0 Å². The number of nitrogens with zero attached hydrogens (tertiary/aromatic N) is 1. The first kappa shape index (κ1) is 13.0. The lowest BCUT2D eigenvalue weighted by Gasteiger charge is -2.10. The highest BCUT2D eigenvalue weighted by molar-refractivity contribution is 7.96. The summed E-state index contributed by atoms with van der Waals surface area (Å²) in [6, 6.07) is 1.59. The van der Waals surface area contributed by atoms with Crippen LogP contribution in [0.15, 0.2) is 0 Å². The number of esters is 1. The molecule has 0 amide bonds. The summed E-state index contributed by atoms with van der Waals surface area (Å²) < 4.78 is 32.4. The highest BCUT2D eigenvalue weighted by Crippen LogP contribution is 2.31. The van der Waals surface area contributed by atoms with Crippen molar-refractivity contribution in [1.29, 1.82) is 5.26 Å². The van der Waals surface area contributed by atoms with Crippen LogP contribution in [-0.2, 0) is 18.9 Å². The van der Waals surface area contributed by atoms with Crippen molar-refractivity contribution >= 4 is 18.0 Å². The average molecular weight is 229 g/mol. The van der Waals surface area contributed by atoms with Gasteiger partial charge >= 0.3 is 11.2 Å². The Hall–Kier alpha value is -0.950. The Morgan fingerprint density at radius 1 is 1.64 bits per heavy atom. The van der Waals surface area contributed by atoms with Crippen LogP contribution in [0.5, 0.6) is 0 Å². The maximum atomic E-state index is 12.5. The van der Waals surface area contributed by atoms with E-state index in [9.17, 15) is 13.6 Å². The third kappa shape index (κ3) is 4.93. The van der Waals surface area contributed by atoms with Crippen molar-refractivity contribution in [2.45, 2.75) is 11.7 Å². The molecule has 0 radical (unpaired) electrons. The summed E-state index contributed by atoms with van der Waals surface area (Å²) in [6.07, 6.45) is -0.191. The minimum Gasteiger partial charge on any atom is -0.459 e. The van der Waals surface area contributed by atoms with Gasteiger partial charge in [-0.25, -0.2) is 10.1 Å². The molecule has 0 aromatic heterocycles. The number of rotatable bonds is 6. The van der Waals surface area contributed by atoms with Gasteiger partial charge in [-0.1, -0.05) is 5.04 Å². The van der Waals surface area contributed by atoms with E-state index in [1.165, 1.54) is 0 Å². The molecule has 14 heavy (non-hydrogen) atoms. The van der Waals surface area contributed by atoms with E-state index in [-0.39, 0.29) is 6.42 Å². The maximum absolute atomic E-state index is 12.5. The molecule has 0 spiro atoms. The number of alkyl halides is 2. The van der Waals surface area contributed by atoms with Gasteiger partial charge in [0.2, 0.25) is 0 Å². The molecule has 0 aliphatic heterocycles. The van der Waals surface area contributed by atoms with E-state index in [4.69, 9.17) is 10.5 Å². The van der Waals surface area contributed by atoms with Crippen LogP contribution in [-0.4, -0.2) is 23.1 Å². The van der Waals surface area contributed by atoms with Crippen LogP contribution in [0.2, 0.25) is 0 Å². The van der Waals surface area contributed by atoms with Crippen LogP contribution >= 0.6 is 12.0 Å². The van der Waals surface area contributed by atoms with Gasteiger partial charge in [-0.2, -0.15) is 14.0 Å². The lowest BCUT2D eigenvalue weighted by molar-refractivity contribution is -0.433. The van der Waals surface area contributed by atoms with E-state index < -0.39 is 29.9 Å². The topological polar surface area (TPSA) is 88.8 Å². The number of halogens is 2. The zero-order chi connectivity index (χ0) is 11.0. The molecular weight excluding hydrogens is 224 g/mol. The number of ether oxygens (including phenoxy) is 1. The van der Waals surface area contributed by atoms with Crippen LogP contribution in [0.1, 0.15) is 6.42 Å². The van der Waals surface area contributed by atoms with Crippen molar-refractivity contribution in [1.82, 2.24) is 0 Å². The number of nitriles is 1. The molecule has 0 fully saturated rings. The largest absolute Gasteiger partial charge is 0.459 e. The monoisotopic (exact) mass is 229 g/mol. The fraction of sp³-hybridized carbons (Fsp3) is 0.600. The molecule has 9 heteroatoms. The predicted octanol–water partition coefficient (Wildman–Crippen LogP) is 1.11. The van der Waals surface area contributed by atoms with E-state index in [2.05, 4.69) is 14.1 Å². The highest BCUT2D eigenvalue weighted by atomic mass is 32.2. The Morgan fingerprint density at radius 2 is 2.29 bits per heavy atom. The second kappa shape index (κ2) is 6.50. The van der Waals surface area contributed by atoms with Crippen LogP contribution in [0.4, 0.5) is 8.78 Å². The van der Waals surface area contributed by atoms with Crippen molar-refractivity contribution in [2.24, 2.45) is 0 Å². The fourth-order valence-electron chi connectivity index (χ4n) is 0.365. The SMILES string of the molecule is N#CCCOC(=O)C(F)(F)SOOO. The van der Waals surface area contributed by atoms with Gasteiger partial charge in [0.1, 0.15) is 18.6 Å². The van der Waals surface area contributed by atoms with Crippen molar-refractivity contribution in [3.05, 3.63) is 0 Å². The van der Waals surface area contributed by atoms with Gasteiger partial charge in [0.05, 0.1) is 12.5 Å². The molecule has 0 rings (SSSR count). The first-order chi connectivity index (χ1) is 6.54. The molecule has 6 nitrogen and oxygen atoms in total. The first-order valence-corrected chi connectivity index (χ1v) is 3.86. The van der Waals surface area contributed by atoms with Gasteiger partial charge in [-0.05, 0) is 0 Å². The highest BCUT2D eigenvalue weighted by Gasteiger charge is 2.44. The van der Waals surface area contributed by atoms with Gasteiger partial charge in [0, 0.05) is 0 Å². The summed E-state index contributed by atoms with van der Waals surface area (Å²) in [4.78, 5) is 10.5. The lowest BCUT2D eigenvalue weighted by atomic mass is 10.5. The Labute approximate surface area is 81.4 Å². The molecule has 0 bridgehead atoms. The third-order valence-electron chi connectivity index (χ3n) is 0.854. The lowest BCUT2D eigenvalue weighted by Crippen LogP contribution is -2.27. The van der Waals surface area contributed by atoms with Gasteiger partial charge in [0.25, 0.3) is 0 Å². The maximum Gasteiger partial charge on any atom is 0.415 e. The Morgan fingerprint density at radius 3 is 2.79 bits per heavy atom. The average Bonchev–Trinajstić information content (AvgIpc) is 2.15. The number of hydrogen-bond donors (Lipinski definition) is 1. The van der Waals surface area contributed by atoms with Gasteiger partial charge in [-0.3, -0.25) is 0 Å². The minimum atomic E-state index is -4.00. The molecule has 0 saturated heterocycles. The van der Waals surface area contributed by atoms with E-state index in [1.54, 1.807) is 6.07 Å². The smallest absolute Gasteiger partial charge is 0.415 e. The van der Waals surface area contributed by atoms with Crippen LogP contribution in [0.3, 0.4) is 0 Å². The van der Waals surface area contributed by atoms with Gasteiger partial charge in [0.15, 0.2) is 0 Å². The second-order valence-electron chi connectivity index (χ2n) is 1.79. The van der Waals surface area contributed by atoms with Crippen LogP contribution < -0.4 is 0 Å². The molecule has 0 aromatic carbocycles.